The van der Waals surface area contributed by atoms with Gasteiger partial charge in [-0.05, 0) is 60.0 Å². The van der Waals surface area contributed by atoms with Crippen LogP contribution < -0.4 is 15.7 Å². The molecule has 0 unspecified atom stereocenters. The maximum Gasteiger partial charge on any atom is 0.348 e. The summed E-state index contributed by atoms with van der Waals surface area (Å²) in [6.07, 6.45) is 3.39. The van der Waals surface area contributed by atoms with Crippen LogP contribution in [-0.4, -0.2) is 52.9 Å². The number of hydrogen-bond donors (Lipinski definition) is 4. The van der Waals surface area contributed by atoms with Crippen LogP contribution in [-0.2, 0) is 16.1 Å². The minimum absolute atomic E-state index is 0.00529. The minimum atomic E-state index is -0.500. The van der Waals surface area contributed by atoms with Crippen LogP contribution in [0.3, 0.4) is 0 Å². The normalized spacial score (nSPS) is 11.4. The topological polar surface area (TPSA) is 164 Å². The predicted molar refractivity (Wildman–Crippen MR) is 172 cm³/mol. The minimum Gasteiger partial charge on any atom is -0.508 e. The Kier molecular flexibility index (Phi) is 8.25. The number of aromatic hydroxyl groups is 2. The van der Waals surface area contributed by atoms with Crippen LogP contribution in [0.25, 0.3) is 38.9 Å². The molecular weight excluding hydrogens is 588 g/mol. The quantitative estimate of drug-likeness (QED) is 0.159. The highest BCUT2D eigenvalue weighted by Gasteiger charge is 2.20. The highest BCUT2D eigenvalue weighted by molar-refractivity contribution is 5.88. The summed E-state index contributed by atoms with van der Waals surface area (Å²) in [7, 11) is 0. The summed E-state index contributed by atoms with van der Waals surface area (Å²) in [6, 6.07) is 19.2. The molecule has 0 aliphatic heterocycles. The van der Waals surface area contributed by atoms with Crippen LogP contribution in [0.5, 0.6) is 17.2 Å². The smallest absolute Gasteiger partial charge is 0.348 e. The number of aromatic nitrogens is 5. The van der Waals surface area contributed by atoms with E-state index in [4.69, 9.17) is 4.74 Å². The highest BCUT2D eigenvalue weighted by Crippen LogP contribution is 2.37. The average Bonchev–Trinajstić information content (AvgIpc) is 3.62. The molecular formula is C34H32N6O6. The van der Waals surface area contributed by atoms with Crippen molar-refractivity contribution in [3.63, 3.8) is 0 Å². The highest BCUT2D eigenvalue weighted by atomic mass is 16.5. The lowest BCUT2D eigenvalue weighted by Crippen LogP contribution is -2.27. The van der Waals surface area contributed by atoms with Crippen LogP contribution in [0.1, 0.15) is 38.2 Å². The van der Waals surface area contributed by atoms with Gasteiger partial charge < -0.3 is 24.8 Å². The largest absolute Gasteiger partial charge is 0.508 e. The van der Waals surface area contributed by atoms with Crippen molar-refractivity contribution in [3.8, 4) is 34.3 Å². The molecule has 0 saturated carbocycles. The van der Waals surface area contributed by atoms with E-state index in [2.05, 4.69) is 20.5 Å². The van der Waals surface area contributed by atoms with Gasteiger partial charge in [-0.15, -0.1) is 0 Å². The number of esters is 1. The van der Waals surface area contributed by atoms with E-state index >= 15 is 0 Å². The number of carbonyl (C=O) groups is 2. The molecule has 0 radical (unpaired) electrons. The molecule has 234 valence electrons. The molecule has 0 bridgehead atoms. The monoisotopic (exact) mass is 620 g/mol. The number of carbonyl (C=O) groups excluding carboxylic acids is 2. The molecule has 4 N–H and O–H groups in total. The fourth-order valence-electron chi connectivity index (χ4n) is 5.43. The number of nitrogens with one attached hydrogen (secondary N) is 2. The van der Waals surface area contributed by atoms with Gasteiger partial charge in [0.15, 0.2) is 5.82 Å². The molecule has 0 fully saturated rings. The standard InChI is InChI=1S/C34H32N6O6/c1-20(2)24-18-25(29(42)19-28(24)41)33-37-38-34(45)40(33)22-7-8-27-21(17-22)12-15-39(27)16-14-36-31(43)9-10-32(44)46-30-11-13-35-26-6-4-3-5-23(26)30/h3-8,11-13,15,17-20,41-42H,9-10,14,16H2,1-2H3,(H,36,43)(H,38,45). The number of phenolic OH excluding ortho intramolecular Hbond substituents is 2. The van der Waals surface area contributed by atoms with Crippen molar-refractivity contribution >= 4 is 33.7 Å². The third kappa shape index (κ3) is 6.05. The lowest BCUT2D eigenvalue weighted by Gasteiger charge is -2.13. The van der Waals surface area contributed by atoms with E-state index in [1.54, 1.807) is 24.4 Å². The number of rotatable bonds is 10. The molecule has 0 aliphatic carbocycles. The molecule has 3 aromatic carbocycles. The van der Waals surface area contributed by atoms with Crippen molar-refractivity contribution < 1.29 is 24.5 Å². The maximum absolute atomic E-state index is 12.8. The lowest BCUT2D eigenvalue weighted by atomic mass is 9.98. The first-order valence-corrected chi connectivity index (χ1v) is 14.8. The van der Waals surface area contributed by atoms with E-state index in [0.717, 1.165) is 16.3 Å². The Labute approximate surface area is 262 Å². The van der Waals surface area contributed by atoms with Crippen molar-refractivity contribution in [2.24, 2.45) is 0 Å². The molecule has 0 saturated heterocycles. The summed E-state index contributed by atoms with van der Waals surface area (Å²) in [5.74, 6) is -0.391. The maximum atomic E-state index is 12.8. The summed E-state index contributed by atoms with van der Waals surface area (Å²) >= 11 is 0. The molecule has 6 aromatic rings. The molecule has 3 heterocycles. The third-order valence-electron chi connectivity index (χ3n) is 7.76. The first kappa shape index (κ1) is 30.1. The van der Waals surface area contributed by atoms with Crippen LogP contribution in [0.2, 0.25) is 0 Å². The van der Waals surface area contributed by atoms with E-state index < -0.39 is 11.7 Å². The van der Waals surface area contributed by atoms with Crippen molar-refractivity contribution in [1.82, 2.24) is 29.6 Å². The second kappa shape index (κ2) is 12.6. The molecule has 12 nitrogen and oxygen atoms in total. The average molecular weight is 621 g/mol. The van der Waals surface area contributed by atoms with Crippen molar-refractivity contribution in [3.05, 3.63) is 95.2 Å². The zero-order valence-electron chi connectivity index (χ0n) is 25.2. The number of pyridine rings is 1. The molecule has 6 rings (SSSR count). The molecule has 46 heavy (non-hydrogen) atoms. The molecule has 1 amide bonds. The van der Waals surface area contributed by atoms with Crippen LogP contribution >= 0.6 is 0 Å². The number of fused-ring (bicyclic) bond motifs is 2. The lowest BCUT2D eigenvalue weighted by molar-refractivity contribution is -0.136. The third-order valence-corrected chi connectivity index (χ3v) is 7.76. The zero-order chi connectivity index (χ0) is 32.4. The molecule has 0 spiro atoms. The van der Waals surface area contributed by atoms with Crippen LogP contribution in [0.15, 0.2) is 83.9 Å². The van der Waals surface area contributed by atoms with Gasteiger partial charge in [0.2, 0.25) is 5.91 Å². The number of nitrogens with zero attached hydrogens (tertiary/aromatic N) is 4. The number of para-hydroxylation sites is 1. The van der Waals surface area contributed by atoms with Gasteiger partial charge in [0, 0.05) is 54.3 Å². The van der Waals surface area contributed by atoms with E-state index in [1.807, 2.05) is 67.1 Å². The van der Waals surface area contributed by atoms with Gasteiger partial charge in [-0.2, -0.15) is 5.10 Å². The first-order chi connectivity index (χ1) is 22.2. The number of benzene rings is 3. The fourth-order valence-corrected chi connectivity index (χ4v) is 5.43. The van der Waals surface area contributed by atoms with Crippen molar-refractivity contribution in [2.75, 3.05) is 6.54 Å². The Morgan fingerprint density at radius 3 is 2.65 bits per heavy atom. The van der Waals surface area contributed by atoms with Gasteiger partial charge >= 0.3 is 11.7 Å². The van der Waals surface area contributed by atoms with Crippen molar-refractivity contribution in [2.45, 2.75) is 39.2 Å². The van der Waals surface area contributed by atoms with Gasteiger partial charge in [0.25, 0.3) is 0 Å². The van der Waals surface area contributed by atoms with E-state index in [1.165, 1.54) is 10.6 Å². The number of hydrogen-bond acceptors (Lipinski definition) is 8. The summed E-state index contributed by atoms with van der Waals surface area (Å²) in [5, 5.41) is 31.9. The van der Waals surface area contributed by atoms with Gasteiger partial charge in [-0.3, -0.25) is 14.6 Å². The van der Waals surface area contributed by atoms with Crippen LogP contribution in [0.4, 0.5) is 0 Å². The number of H-pyrrole nitrogens is 1. The Morgan fingerprint density at radius 2 is 1.83 bits per heavy atom. The van der Waals surface area contributed by atoms with Gasteiger partial charge in [0.05, 0.1) is 23.2 Å². The van der Waals surface area contributed by atoms with Gasteiger partial charge in [0.1, 0.15) is 17.2 Å². The second-order valence-corrected chi connectivity index (χ2v) is 11.2. The molecule has 0 aliphatic rings. The number of aromatic amines is 1. The van der Waals surface area contributed by atoms with Crippen LogP contribution in [0, 0.1) is 0 Å². The molecule has 0 atom stereocenters. The Morgan fingerprint density at radius 1 is 1.00 bits per heavy atom. The summed E-state index contributed by atoms with van der Waals surface area (Å²) in [4.78, 5) is 41.9. The Bertz CT molecular complexity index is 2140. The molecule has 3 aromatic heterocycles. The van der Waals surface area contributed by atoms with E-state index in [-0.39, 0.29) is 42.0 Å². The van der Waals surface area contributed by atoms with E-state index in [9.17, 15) is 24.6 Å². The molecule has 12 heteroatoms. The van der Waals surface area contributed by atoms with Crippen molar-refractivity contribution in [1.29, 1.82) is 0 Å². The van der Waals surface area contributed by atoms with Gasteiger partial charge in [-0.1, -0.05) is 26.0 Å². The first-order valence-electron chi connectivity index (χ1n) is 14.8. The van der Waals surface area contributed by atoms with Gasteiger partial charge in [-0.25, -0.2) is 14.5 Å². The predicted octanol–water partition coefficient (Wildman–Crippen LogP) is 4.77. The zero-order valence-corrected chi connectivity index (χ0v) is 25.2. The van der Waals surface area contributed by atoms with E-state index in [0.29, 0.717) is 41.2 Å². The number of ether oxygens (including phenoxy) is 1. The second-order valence-electron chi connectivity index (χ2n) is 11.2. The SMILES string of the molecule is CC(C)c1cc(-c2n[nH]c(=O)n2-c2ccc3c(ccn3CCNC(=O)CCC(=O)Oc3ccnc4ccccc34)c2)c(O)cc1O. The number of phenols is 2. The number of amides is 1. The fraction of sp³-hybridized carbons (Fsp3) is 0.206. The summed E-state index contributed by atoms with van der Waals surface area (Å²) in [5.41, 5.74) is 2.60. The summed E-state index contributed by atoms with van der Waals surface area (Å²) in [6.45, 7) is 4.66. The Balaban J connectivity index is 1.09. The Hall–Kier alpha value is -5.91. The summed E-state index contributed by atoms with van der Waals surface area (Å²) < 4.78 is 8.82.